The monoisotopic (exact) mass is 294 g/mol. The van der Waals surface area contributed by atoms with Crippen molar-refractivity contribution >= 4 is 29.0 Å². The van der Waals surface area contributed by atoms with Gasteiger partial charge in [-0.25, -0.2) is 0 Å². The van der Waals surface area contributed by atoms with Gasteiger partial charge in [-0.05, 0) is 23.8 Å². The Hall–Kier alpha value is -1.51. The summed E-state index contributed by atoms with van der Waals surface area (Å²) in [5.41, 5.74) is 0.971. The first-order valence-electron chi connectivity index (χ1n) is 5.78. The fourth-order valence-electron chi connectivity index (χ4n) is 1.63. The summed E-state index contributed by atoms with van der Waals surface area (Å²) < 4.78 is 5.39. The Balaban J connectivity index is 1.90. The fourth-order valence-corrected chi connectivity index (χ4v) is 2.09. The first-order chi connectivity index (χ1) is 9.15. The number of Topliss-reactive ketones (excluding diaryl/α,β-unsaturated/α-hetero) is 1. The van der Waals surface area contributed by atoms with Crippen LogP contribution < -0.4 is 4.74 Å². The largest absolute Gasteiger partial charge is 0.484 e. The third-order valence-electron chi connectivity index (χ3n) is 2.53. The van der Waals surface area contributed by atoms with Crippen LogP contribution in [0.25, 0.3) is 0 Å². The molecule has 0 unspecified atom stereocenters. The van der Waals surface area contributed by atoms with E-state index in [9.17, 15) is 4.79 Å². The van der Waals surface area contributed by atoms with Crippen LogP contribution in [0.15, 0.2) is 48.5 Å². The van der Waals surface area contributed by atoms with Crippen molar-refractivity contribution in [3.63, 3.8) is 0 Å². The highest BCUT2D eigenvalue weighted by Gasteiger charge is 2.07. The second-order valence-corrected chi connectivity index (χ2v) is 4.91. The van der Waals surface area contributed by atoms with Crippen LogP contribution in [0, 0.1) is 0 Å². The summed E-state index contributed by atoms with van der Waals surface area (Å²) in [5, 5.41) is 0.938. The minimum atomic E-state index is -0.00372. The Morgan fingerprint density at radius 3 is 2.47 bits per heavy atom. The van der Waals surface area contributed by atoms with E-state index in [-0.39, 0.29) is 12.4 Å². The maximum Gasteiger partial charge on any atom is 0.174 e. The normalized spacial score (nSPS) is 10.2. The number of benzene rings is 2. The number of rotatable bonds is 5. The molecule has 2 aromatic carbocycles. The minimum absolute atomic E-state index is 0.00258. The lowest BCUT2D eigenvalue weighted by Crippen LogP contribution is -2.13. The van der Waals surface area contributed by atoms with Gasteiger partial charge in [0, 0.05) is 11.4 Å². The van der Waals surface area contributed by atoms with E-state index >= 15 is 0 Å². The van der Waals surface area contributed by atoms with Gasteiger partial charge in [0.05, 0.1) is 5.02 Å². The van der Waals surface area contributed by atoms with Crippen molar-refractivity contribution in [1.29, 1.82) is 0 Å². The topological polar surface area (TPSA) is 26.3 Å². The Morgan fingerprint density at radius 2 is 1.79 bits per heavy atom. The zero-order valence-electron chi connectivity index (χ0n) is 10.1. The molecule has 0 heterocycles. The average molecular weight is 295 g/mol. The van der Waals surface area contributed by atoms with Crippen molar-refractivity contribution in [3.8, 4) is 5.75 Å². The molecule has 4 heteroatoms. The number of ether oxygens (including phenoxy) is 1. The van der Waals surface area contributed by atoms with E-state index in [1.165, 1.54) is 0 Å². The van der Waals surface area contributed by atoms with Gasteiger partial charge in [0.15, 0.2) is 5.78 Å². The molecule has 0 atom stereocenters. The van der Waals surface area contributed by atoms with Crippen LogP contribution in [0.5, 0.6) is 5.75 Å². The molecule has 98 valence electrons. The van der Waals surface area contributed by atoms with E-state index in [1.807, 2.05) is 30.3 Å². The molecular weight excluding hydrogens is 283 g/mol. The molecule has 0 bridgehead atoms. The van der Waals surface area contributed by atoms with Gasteiger partial charge < -0.3 is 4.74 Å². The van der Waals surface area contributed by atoms with Crippen LogP contribution in [0.3, 0.4) is 0 Å². The predicted octanol–water partition coefficient (Wildman–Crippen LogP) is 4.18. The van der Waals surface area contributed by atoms with E-state index in [0.29, 0.717) is 22.2 Å². The number of carbonyl (C=O) groups excluding carboxylic acids is 1. The average Bonchev–Trinajstić information content (AvgIpc) is 2.39. The highest BCUT2D eigenvalue weighted by molar-refractivity contribution is 6.35. The first-order valence-corrected chi connectivity index (χ1v) is 6.54. The molecule has 2 rings (SSSR count). The Bertz CT molecular complexity index is 568. The van der Waals surface area contributed by atoms with Crippen molar-refractivity contribution in [3.05, 3.63) is 64.1 Å². The molecule has 0 radical (unpaired) electrons. The molecule has 0 aliphatic rings. The van der Waals surface area contributed by atoms with Crippen LogP contribution in [0.4, 0.5) is 0 Å². The molecule has 0 fully saturated rings. The maximum atomic E-state index is 11.8. The third kappa shape index (κ3) is 4.27. The highest BCUT2D eigenvalue weighted by atomic mass is 35.5. The molecule has 2 nitrogen and oxygen atoms in total. The fraction of sp³-hybridized carbons (Fsp3) is 0.133. The van der Waals surface area contributed by atoms with E-state index in [2.05, 4.69) is 0 Å². The minimum Gasteiger partial charge on any atom is -0.484 e. The molecular formula is C15H12Cl2O2. The molecule has 0 aliphatic carbocycles. The van der Waals surface area contributed by atoms with Gasteiger partial charge >= 0.3 is 0 Å². The van der Waals surface area contributed by atoms with Crippen molar-refractivity contribution in [1.82, 2.24) is 0 Å². The van der Waals surface area contributed by atoms with E-state index in [4.69, 9.17) is 27.9 Å². The molecule has 0 saturated heterocycles. The Labute approximate surface area is 121 Å². The van der Waals surface area contributed by atoms with Gasteiger partial charge in [-0.2, -0.15) is 0 Å². The van der Waals surface area contributed by atoms with Crippen molar-refractivity contribution in [2.24, 2.45) is 0 Å². The molecule has 0 amide bonds. The van der Waals surface area contributed by atoms with Crippen LogP contribution in [0.1, 0.15) is 5.56 Å². The first kappa shape index (κ1) is 13.9. The maximum absolute atomic E-state index is 11.8. The molecule has 2 aromatic rings. The number of hydrogen-bond donors (Lipinski definition) is 0. The van der Waals surface area contributed by atoms with Gasteiger partial charge in [-0.15, -0.1) is 0 Å². The van der Waals surface area contributed by atoms with Gasteiger partial charge in [-0.3, -0.25) is 4.79 Å². The molecule has 0 aliphatic heterocycles. The smallest absolute Gasteiger partial charge is 0.174 e. The van der Waals surface area contributed by atoms with Crippen molar-refractivity contribution < 1.29 is 9.53 Å². The summed E-state index contributed by atoms with van der Waals surface area (Å²) in [6.07, 6.45) is 0.353. The van der Waals surface area contributed by atoms with Crippen LogP contribution in [-0.4, -0.2) is 12.4 Å². The van der Waals surface area contributed by atoms with Crippen LogP contribution >= 0.6 is 23.2 Å². The van der Waals surface area contributed by atoms with E-state index in [1.54, 1.807) is 18.2 Å². The Kier molecular flexibility index (Phi) is 4.83. The zero-order chi connectivity index (χ0) is 13.7. The summed E-state index contributed by atoms with van der Waals surface area (Å²) >= 11 is 11.7. The van der Waals surface area contributed by atoms with E-state index < -0.39 is 0 Å². The standard InChI is InChI=1S/C15H12Cl2O2/c16-12-6-7-15(14(17)9-12)19-10-13(18)8-11-4-2-1-3-5-11/h1-7,9H,8,10H2. The molecule has 0 aromatic heterocycles. The molecule has 19 heavy (non-hydrogen) atoms. The quantitative estimate of drug-likeness (QED) is 0.827. The van der Waals surface area contributed by atoms with Crippen molar-refractivity contribution in [2.75, 3.05) is 6.61 Å². The van der Waals surface area contributed by atoms with Crippen LogP contribution in [0.2, 0.25) is 10.0 Å². The summed E-state index contributed by atoms with van der Waals surface area (Å²) in [6.45, 7) is -0.00372. The number of carbonyl (C=O) groups is 1. The van der Waals surface area contributed by atoms with Gasteiger partial charge in [0.2, 0.25) is 0 Å². The SMILES string of the molecule is O=C(COc1ccc(Cl)cc1Cl)Cc1ccccc1. The lowest BCUT2D eigenvalue weighted by Gasteiger charge is -2.07. The third-order valence-corrected chi connectivity index (χ3v) is 3.06. The van der Waals surface area contributed by atoms with Gasteiger partial charge in [0.25, 0.3) is 0 Å². The van der Waals surface area contributed by atoms with E-state index in [0.717, 1.165) is 5.56 Å². The summed E-state index contributed by atoms with van der Waals surface area (Å²) in [6, 6.07) is 14.4. The van der Waals surface area contributed by atoms with Gasteiger partial charge in [-0.1, -0.05) is 53.5 Å². The second-order valence-electron chi connectivity index (χ2n) is 4.06. The number of ketones is 1. The summed E-state index contributed by atoms with van der Waals surface area (Å²) in [4.78, 5) is 11.8. The lowest BCUT2D eigenvalue weighted by molar-refractivity contribution is -0.120. The number of halogens is 2. The summed E-state index contributed by atoms with van der Waals surface area (Å²) in [5.74, 6) is 0.463. The van der Waals surface area contributed by atoms with Crippen LogP contribution in [-0.2, 0) is 11.2 Å². The molecule has 0 spiro atoms. The lowest BCUT2D eigenvalue weighted by atomic mass is 10.1. The van der Waals surface area contributed by atoms with Gasteiger partial charge in [0.1, 0.15) is 12.4 Å². The van der Waals surface area contributed by atoms with Crippen molar-refractivity contribution in [2.45, 2.75) is 6.42 Å². The summed E-state index contributed by atoms with van der Waals surface area (Å²) in [7, 11) is 0. The number of hydrogen-bond acceptors (Lipinski definition) is 2. The Morgan fingerprint density at radius 1 is 1.05 bits per heavy atom. The zero-order valence-corrected chi connectivity index (χ0v) is 11.6. The second kappa shape index (κ2) is 6.60. The predicted molar refractivity (Wildman–Crippen MR) is 77.1 cm³/mol. The molecule has 0 saturated carbocycles. The molecule has 0 N–H and O–H groups in total. The highest BCUT2D eigenvalue weighted by Crippen LogP contribution is 2.27.